The van der Waals surface area contributed by atoms with Crippen molar-refractivity contribution in [3.05, 3.63) is 41.5 Å². The molecule has 2 rings (SSSR count). The maximum absolute atomic E-state index is 13.6. The van der Waals surface area contributed by atoms with Crippen molar-refractivity contribution >= 4 is 11.5 Å². The highest BCUT2D eigenvalue weighted by atomic mass is 19.1. The first-order valence-corrected chi connectivity index (χ1v) is 6.36. The molecule has 1 N–H and O–H groups in total. The van der Waals surface area contributed by atoms with Gasteiger partial charge in [0.1, 0.15) is 11.6 Å². The Labute approximate surface area is 110 Å². The largest absolute Gasteiger partial charge is 0.481 e. The number of carbonyl (C=O) groups is 1. The van der Waals surface area contributed by atoms with E-state index in [1.165, 1.54) is 6.07 Å². The summed E-state index contributed by atoms with van der Waals surface area (Å²) in [4.78, 5) is 10.9. The van der Waals surface area contributed by atoms with E-state index in [-0.39, 0.29) is 5.92 Å². The van der Waals surface area contributed by atoms with E-state index in [1.54, 1.807) is 6.92 Å². The second-order valence-electron chi connectivity index (χ2n) is 5.01. The summed E-state index contributed by atoms with van der Waals surface area (Å²) in [6, 6.07) is 3.41. The summed E-state index contributed by atoms with van der Waals surface area (Å²) in [6.07, 6.45) is 3.71. The summed E-state index contributed by atoms with van der Waals surface area (Å²) in [5.41, 5.74) is 1.06. The van der Waals surface area contributed by atoms with Gasteiger partial charge in [0, 0.05) is 5.56 Å². The van der Waals surface area contributed by atoms with Crippen LogP contribution in [-0.2, 0) is 4.79 Å². The summed E-state index contributed by atoms with van der Waals surface area (Å²) in [6.45, 7) is 1.69. The standard InChI is InChI=1S/C15H16F2O2/c1-9(15(18)19)10-2-4-11(5-3-10)13-8-12(16)6-7-14(13)17/h4,6-10H,2-3,5H2,1H3,(H,18,19). The van der Waals surface area contributed by atoms with Crippen molar-refractivity contribution in [1.29, 1.82) is 0 Å². The zero-order valence-corrected chi connectivity index (χ0v) is 10.7. The number of carboxylic acid groups (broad SMARTS) is 1. The number of hydrogen-bond acceptors (Lipinski definition) is 1. The highest BCUT2D eigenvalue weighted by molar-refractivity contribution is 5.71. The molecule has 0 saturated heterocycles. The van der Waals surface area contributed by atoms with E-state index < -0.39 is 23.5 Å². The van der Waals surface area contributed by atoms with Crippen molar-refractivity contribution in [2.75, 3.05) is 0 Å². The van der Waals surface area contributed by atoms with Crippen LogP contribution in [0.15, 0.2) is 24.3 Å². The highest BCUT2D eigenvalue weighted by Gasteiger charge is 2.26. The predicted molar refractivity (Wildman–Crippen MR) is 68.5 cm³/mol. The van der Waals surface area contributed by atoms with Gasteiger partial charge in [-0.1, -0.05) is 13.0 Å². The van der Waals surface area contributed by atoms with Gasteiger partial charge in [-0.05, 0) is 49.0 Å². The molecule has 1 aliphatic carbocycles. The quantitative estimate of drug-likeness (QED) is 0.901. The van der Waals surface area contributed by atoms with Crippen LogP contribution in [0.4, 0.5) is 8.78 Å². The summed E-state index contributed by atoms with van der Waals surface area (Å²) in [5.74, 6) is -2.04. The Morgan fingerprint density at radius 2 is 2.16 bits per heavy atom. The van der Waals surface area contributed by atoms with Crippen LogP contribution in [0.3, 0.4) is 0 Å². The van der Waals surface area contributed by atoms with Crippen LogP contribution in [0.25, 0.3) is 5.57 Å². The molecule has 1 aromatic rings. The van der Waals surface area contributed by atoms with Gasteiger partial charge in [0.2, 0.25) is 0 Å². The molecule has 0 heterocycles. The van der Waals surface area contributed by atoms with Gasteiger partial charge in [0.05, 0.1) is 5.92 Å². The smallest absolute Gasteiger partial charge is 0.306 e. The van der Waals surface area contributed by atoms with Gasteiger partial charge in [0.25, 0.3) is 0 Å². The first kappa shape index (κ1) is 13.7. The zero-order chi connectivity index (χ0) is 14.0. The molecule has 0 fully saturated rings. The number of hydrogen-bond donors (Lipinski definition) is 1. The Kier molecular flexibility index (Phi) is 3.98. The SMILES string of the molecule is CC(C(=O)O)C1CC=C(c2cc(F)ccc2F)CC1. The molecule has 0 aromatic heterocycles. The summed E-state index contributed by atoms with van der Waals surface area (Å²) in [7, 11) is 0. The topological polar surface area (TPSA) is 37.3 Å². The molecule has 0 saturated carbocycles. The van der Waals surface area contributed by atoms with Gasteiger partial charge in [-0.3, -0.25) is 4.79 Å². The van der Waals surface area contributed by atoms with Crippen LogP contribution in [-0.4, -0.2) is 11.1 Å². The van der Waals surface area contributed by atoms with Gasteiger partial charge < -0.3 is 5.11 Å². The first-order valence-electron chi connectivity index (χ1n) is 6.36. The van der Waals surface area contributed by atoms with E-state index in [0.29, 0.717) is 24.8 Å². The zero-order valence-electron chi connectivity index (χ0n) is 10.7. The minimum absolute atomic E-state index is 0.0675. The normalized spacial score (nSPS) is 20.8. The molecule has 19 heavy (non-hydrogen) atoms. The average molecular weight is 266 g/mol. The van der Waals surface area contributed by atoms with Gasteiger partial charge in [-0.25, -0.2) is 8.78 Å². The molecule has 0 spiro atoms. The Morgan fingerprint density at radius 1 is 1.42 bits per heavy atom. The van der Waals surface area contributed by atoms with E-state index in [2.05, 4.69) is 0 Å². The molecule has 2 atom stereocenters. The predicted octanol–water partition coefficient (Wildman–Crippen LogP) is 3.87. The second kappa shape index (κ2) is 5.51. The van der Waals surface area contributed by atoms with Crippen LogP contribution >= 0.6 is 0 Å². The van der Waals surface area contributed by atoms with Crippen molar-refractivity contribution in [3.8, 4) is 0 Å². The van der Waals surface area contributed by atoms with Crippen molar-refractivity contribution < 1.29 is 18.7 Å². The third-order valence-electron chi connectivity index (χ3n) is 3.82. The Bertz CT molecular complexity index is 523. The molecule has 1 aliphatic rings. The third kappa shape index (κ3) is 3.00. The van der Waals surface area contributed by atoms with Crippen LogP contribution in [0.1, 0.15) is 31.7 Å². The molecule has 0 bridgehead atoms. The molecule has 102 valence electrons. The maximum Gasteiger partial charge on any atom is 0.306 e. The minimum atomic E-state index is -0.807. The molecule has 4 heteroatoms. The van der Waals surface area contributed by atoms with E-state index in [4.69, 9.17) is 5.11 Å². The fourth-order valence-corrected chi connectivity index (χ4v) is 2.50. The molecular formula is C15H16F2O2. The van der Waals surface area contributed by atoms with Crippen molar-refractivity contribution in [1.82, 2.24) is 0 Å². The number of rotatable bonds is 3. The van der Waals surface area contributed by atoms with Crippen molar-refractivity contribution in [2.45, 2.75) is 26.2 Å². The number of allylic oxidation sites excluding steroid dienone is 2. The van der Waals surface area contributed by atoms with Crippen molar-refractivity contribution in [2.24, 2.45) is 11.8 Å². The molecule has 1 aromatic carbocycles. The van der Waals surface area contributed by atoms with E-state index in [9.17, 15) is 13.6 Å². The van der Waals surface area contributed by atoms with Gasteiger partial charge in [-0.2, -0.15) is 0 Å². The fraction of sp³-hybridized carbons (Fsp3) is 0.400. The van der Waals surface area contributed by atoms with E-state index in [0.717, 1.165) is 17.7 Å². The highest BCUT2D eigenvalue weighted by Crippen LogP contribution is 2.35. The number of halogens is 2. The summed E-state index contributed by atoms with van der Waals surface area (Å²) >= 11 is 0. The lowest BCUT2D eigenvalue weighted by atomic mass is 9.80. The molecule has 2 unspecified atom stereocenters. The maximum atomic E-state index is 13.6. The molecule has 2 nitrogen and oxygen atoms in total. The first-order chi connectivity index (χ1) is 8.99. The molecular weight excluding hydrogens is 250 g/mol. The number of benzene rings is 1. The fourth-order valence-electron chi connectivity index (χ4n) is 2.50. The minimum Gasteiger partial charge on any atom is -0.481 e. The van der Waals surface area contributed by atoms with Crippen molar-refractivity contribution in [3.63, 3.8) is 0 Å². The molecule has 0 aliphatic heterocycles. The van der Waals surface area contributed by atoms with E-state index in [1.807, 2.05) is 6.08 Å². The third-order valence-corrected chi connectivity index (χ3v) is 3.82. The lowest BCUT2D eigenvalue weighted by molar-refractivity contribution is -0.143. The Balaban J connectivity index is 2.17. The number of carboxylic acids is 1. The second-order valence-corrected chi connectivity index (χ2v) is 5.01. The van der Waals surface area contributed by atoms with Gasteiger partial charge in [0.15, 0.2) is 0 Å². The average Bonchev–Trinajstić information content (AvgIpc) is 2.41. The van der Waals surface area contributed by atoms with Crippen LogP contribution in [0.5, 0.6) is 0 Å². The van der Waals surface area contributed by atoms with Crippen LogP contribution < -0.4 is 0 Å². The molecule has 0 radical (unpaired) electrons. The van der Waals surface area contributed by atoms with Gasteiger partial charge >= 0.3 is 5.97 Å². The Morgan fingerprint density at radius 3 is 2.74 bits per heavy atom. The lowest BCUT2D eigenvalue weighted by Crippen LogP contribution is -2.22. The number of aliphatic carboxylic acids is 1. The van der Waals surface area contributed by atoms with Crippen LogP contribution in [0, 0.1) is 23.5 Å². The van der Waals surface area contributed by atoms with Crippen LogP contribution in [0.2, 0.25) is 0 Å². The van der Waals surface area contributed by atoms with E-state index >= 15 is 0 Å². The molecule has 0 amide bonds. The van der Waals surface area contributed by atoms with Gasteiger partial charge in [-0.15, -0.1) is 0 Å². The monoisotopic (exact) mass is 266 g/mol. The lowest BCUT2D eigenvalue weighted by Gasteiger charge is -2.25. The summed E-state index contributed by atoms with van der Waals surface area (Å²) in [5, 5.41) is 8.97. The Hall–Kier alpha value is -1.71. The summed E-state index contributed by atoms with van der Waals surface area (Å²) < 4.78 is 26.8.